The highest BCUT2D eigenvalue weighted by Crippen LogP contribution is 2.45. The number of carbonyl (C=O) groups excluding carboxylic acids is 3. The third-order valence-electron chi connectivity index (χ3n) is 13.8. The summed E-state index contributed by atoms with van der Waals surface area (Å²) in [5.74, 6) is -1.70. The van der Waals surface area contributed by atoms with Gasteiger partial charge in [0, 0.05) is 19.3 Å². The van der Waals surface area contributed by atoms with Crippen LogP contribution in [0, 0.1) is 0 Å². The van der Waals surface area contributed by atoms with Crippen molar-refractivity contribution in [3.05, 3.63) is 194 Å². The number of phosphoric ester groups is 2. The molecule has 18 heteroatoms. The average molecular weight is 1390 g/mol. The summed E-state index contributed by atoms with van der Waals surface area (Å²) in [5.41, 5.74) is 0. The van der Waals surface area contributed by atoms with Crippen molar-refractivity contribution in [1.29, 1.82) is 0 Å². The van der Waals surface area contributed by atoms with Crippen LogP contribution in [0.1, 0.15) is 226 Å². The van der Waals surface area contributed by atoms with E-state index in [4.69, 9.17) is 32.3 Å². The number of carbonyl (C=O) groups is 3. The van der Waals surface area contributed by atoms with Crippen molar-refractivity contribution in [2.24, 2.45) is 0 Å². The number of ether oxygens (including phenoxy) is 3. The van der Waals surface area contributed by atoms with E-state index in [2.05, 4.69) is 215 Å². The number of allylic oxidation sites excluding steroid dienone is 32. The standard InChI is InChI=1S/C79H124O16P2/c1-4-7-10-13-16-19-22-25-28-31-34-36-39-41-44-47-50-53-56-59-62-65-77(82)89-68-74(80)69-91-96(85,86)92-70-75(81)71-93-97(87,88)94-73-76(95-79(84)67-64-61-58-55-52-49-46-43-38-33-30-27-24-21-18-15-12-9-6-3)72-90-78(83)66-63-60-57-54-51-48-45-42-40-37-35-32-29-26-23-20-17-14-11-8-5-2/h7-12,16-21,25-30,34-38,41-45,49-50,52-53,74-76,80-81H,4-6,13-15,22-24,31-33,39-40,46-48,51,54-73H2,1-3H3,(H,85,86)(H,87,88)/b10-7-,11-8-,12-9-,19-16-,20-17-,21-18-,28-25-,29-26-,30-27-,36-34-,37-35-,43-38-,44-41-,45-42-,52-49-,53-50-. The van der Waals surface area contributed by atoms with Gasteiger partial charge in [0.2, 0.25) is 0 Å². The first-order chi connectivity index (χ1) is 47.2. The SMILES string of the molecule is CC/C=C\C/C=C\C/C=C\C/C=C\C/C=C\C/C=C\CCCCC(=O)OCC(O)COP(=O)(O)OCC(O)COP(=O)(O)OCC(COC(=O)CCCCCCC/C=C\C/C=C\C/C=C\C/C=C\C/C=C\CC)OC(=O)CCCCC/C=C\C/C=C\C/C=C\C/C=C\C/C=C\CC. The second-order valence-corrected chi connectivity index (χ2v) is 25.8. The van der Waals surface area contributed by atoms with Crippen LogP contribution >= 0.6 is 15.6 Å². The van der Waals surface area contributed by atoms with E-state index in [9.17, 15) is 43.5 Å². The van der Waals surface area contributed by atoms with Gasteiger partial charge in [-0.2, -0.15) is 0 Å². The molecule has 0 aromatic heterocycles. The molecule has 97 heavy (non-hydrogen) atoms. The van der Waals surface area contributed by atoms with E-state index in [-0.39, 0.29) is 19.3 Å². The third kappa shape index (κ3) is 71.5. The fourth-order valence-corrected chi connectivity index (χ4v) is 10.0. The van der Waals surface area contributed by atoms with Crippen LogP contribution in [-0.2, 0) is 55.8 Å². The molecular weight excluding hydrogens is 1270 g/mol. The zero-order chi connectivity index (χ0) is 70.9. The van der Waals surface area contributed by atoms with E-state index >= 15 is 0 Å². The zero-order valence-electron chi connectivity index (χ0n) is 59.2. The Morgan fingerprint density at radius 1 is 0.289 bits per heavy atom. The molecule has 16 nitrogen and oxygen atoms in total. The van der Waals surface area contributed by atoms with Crippen LogP contribution in [0.5, 0.6) is 0 Å². The molecule has 0 fully saturated rings. The maximum absolute atomic E-state index is 13.0. The van der Waals surface area contributed by atoms with Gasteiger partial charge in [0.05, 0.1) is 26.4 Å². The minimum absolute atomic E-state index is 0.0504. The Bertz CT molecular complexity index is 2540. The first-order valence-corrected chi connectivity index (χ1v) is 38.7. The molecule has 0 rings (SSSR count). The number of rotatable bonds is 65. The fourth-order valence-electron chi connectivity index (χ4n) is 8.45. The summed E-state index contributed by atoms with van der Waals surface area (Å²) >= 11 is 0. The minimum Gasteiger partial charge on any atom is -0.463 e. The van der Waals surface area contributed by atoms with E-state index in [1.165, 1.54) is 0 Å². The Morgan fingerprint density at radius 3 is 0.845 bits per heavy atom. The lowest BCUT2D eigenvalue weighted by molar-refractivity contribution is -0.161. The molecule has 0 saturated carbocycles. The average Bonchev–Trinajstić information content (AvgIpc) is 1.90. The lowest BCUT2D eigenvalue weighted by atomic mass is 10.1. The van der Waals surface area contributed by atoms with Gasteiger partial charge in [-0.15, -0.1) is 0 Å². The Labute approximate surface area is 585 Å². The Balaban J connectivity index is 4.84. The van der Waals surface area contributed by atoms with Crippen LogP contribution in [0.2, 0.25) is 0 Å². The maximum Gasteiger partial charge on any atom is 0.472 e. The molecule has 5 atom stereocenters. The van der Waals surface area contributed by atoms with Gasteiger partial charge in [0.25, 0.3) is 0 Å². The molecule has 5 unspecified atom stereocenters. The first-order valence-electron chi connectivity index (χ1n) is 35.7. The van der Waals surface area contributed by atoms with Gasteiger partial charge < -0.3 is 34.2 Å². The quantitative estimate of drug-likeness (QED) is 0.0146. The fraction of sp³-hybridized carbons (Fsp3) is 0.557. The topological polar surface area (TPSA) is 231 Å². The number of hydrogen-bond donors (Lipinski definition) is 4. The summed E-state index contributed by atoms with van der Waals surface area (Å²) in [6.07, 6.45) is 90.5. The van der Waals surface area contributed by atoms with Crippen LogP contribution in [0.4, 0.5) is 0 Å². The smallest absolute Gasteiger partial charge is 0.463 e. The van der Waals surface area contributed by atoms with Gasteiger partial charge in [-0.05, 0) is 161 Å². The second-order valence-electron chi connectivity index (χ2n) is 22.9. The van der Waals surface area contributed by atoms with E-state index in [0.29, 0.717) is 19.3 Å². The number of aliphatic hydroxyl groups is 2. The summed E-state index contributed by atoms with van der Waals surface area (Å²) in [5, 5.41) is 20.6. The van der Waals surface area contributed by atoms with E-state index in [1.807, 2.05) is 0 Å². The summed E-state index contributed by atoms with van der Waals surface area (Å²) in [4.78, 5) is 58.5. The Hall–Kier alpha value is -5.61. The van der Waals surface area contributed by atoms with Crippen LogP contribution in [0.15, 0.2) is 194 Å². The van der Waals surface area contributed by atoms with Gasteiger partial charge in [-0.3, -0.25) is 32.5 Å². The molecular formula is C79H124O16P2. The highest BCUT2D eigenvalue weighted by Gasteiger charge is 2.29. The predicted molar refractivity (Wildman–Crippen MR) is 398 cm³/mol. The summed E-state index contributed by atoms with van der Waals surface area (Å²) in [7, 11) is -9.84. The van der Waals surface area contributed by atoms with Crippen LogP contribution in [-0.4, -0.2) is 95.9 Å². The molecule has 0 aromatic rings. The molecule has 0 amide bonds. The largest absolute Gasteiger partial charge is 0.472 e. The van der Waals surface area contributed by atoms with Gasteiger partial charge in [-0.25, -0.2) is 9.13 Å². The molecule has 0 aliphatic carbocycles. The molecule has 0 aliphatic heterocycles. The molecule has 0 radical (unpaired) electrons. The summed E-state index contributed by atoms with van der Waals surface area (Å²) in [6.45, 7) is 2.17. The number of hydrogen-bond acceptors (Lipinski definition) is 14. The highest BCUT2D eigenvalue weighted by atomic mass is 31.2. The number of phosphoric acid groups is 2. The van der Waals surface area contributed by atoms with Gasteiger partial charge in [-0.1, -0.05) is 241 Å². The van der Waals surface area contributed by atoms with E-state index in [0.717, 1.165) is 167 Å². The van der Waals surface area contributed by atoms with Crippen molar-refractivity contribution in [3.63, 3.8) is 0 Å². The molecule has 0 heterocycles. The molecule has 0 spiro atoms. The molecule has 546 valence electrons. The Morgan fingerprint density at radius 2 is 0.515 bits per heavy atom. The lowest BCUT2D eigenvalue weighted by Gasteiger charge is -2.21. The molecule has 0 aromatic carbocycles. The molecule has 0 aliphatic rings. The van der Waals surface area contributed by atoms with E-state index in [1.54, 1.807) is 0 Å². The second kappa shape index (κ2) is 70.3. The van der Waals surface area contributed by atoms with E-state index < -0.39 is 91.5 Å². The van der Waals surface area contributed by atoms with Crippen LogP contribution in [0.25, 0.3) is 0 Å². The number of esters is 3. The minimum atomic E-state index is -4.96. The normalized spacial score (nSPS) is 15.2. The summed E-state index contributed by atoms with van der Waals surface area (Å²) in [6, 6.07) is 0. The molecule has 0 saturated heterocycles. The predicted octanol–water partition coefficient (Wildman–Crippen LogP) is 20.4. The summed E-state index contributed by atoms with van der Waals surface area (Å²) < 4.78 is 60.9. The first kappa shape index (κ1) is 91.4. The van der Waals surface area contributed by atoms with Crippen molar-refractivity contribution in [3.8, 4) is 0 Å². The van der Waals surface area contributed by atoms with Crippen LogP contribution in [0.3, 0.4) is 0 Å². The highest BCUT2D eigenvalue weighted by molar-refractivity contribution is 7.47. The van der Waals surface area contributed by atoms with Crippen molar-refractivity contribution >= 4 is 33.6 Å². The lowest BCUT2D eigenvalue weighted by Crippen LogP contribution is -2.30. The Kier molecular flexibility index (Phi) is 66.2. The zero-order valence-corrected chi connectivity index (χ0v) is 60.9. The van der Waals surface area contributed by atoms with Crippen molar-refractivity contribution in [2.45, 2.75) is 245 Å². The third-order valence-corrected chi connectivity index (χ3v) is 15.7. The van der Waals surface area contributed by atoms with Crippen molar-refractivity contribution in [1.82, 2.24) is 0 Å². The molecule has 4 N–H and O–H groups in total. The van der Waals surface area contributed by atoms with Crippen molar-refractivity contribution in [2.75, 3.05) is 39.6 Å². The monoisotopic (exact) mass is 1390 g/mol. The van der Waals surface area contributed by atoms with Gasteiger partial charge >= 0.3 is 33.6 Å². The number of aliphatic hydroxyl groups excluding tert-OH is 2. The number of unbranched alkanes of at least 4 members (excludes halogenated alkanes) is 10. The van der Waals surface area contributed by atoms with Gasteiger partial charge in [0.15, 0.2) is 6.10 Å². The van der Waals surface area contributed by atoms with Crippen LogP contribution < -0.4 is 0 Å². The maximum atomic E-state index is 13.0. The molecule has 0 bridgehead atoms. The van der Waals surface area contributed by atoms with Gasteiger partial charge in [0.1, 0.15) is 25.4 Å². The van der Waals surface area contributed by atoms with Crippen molar-refractivity contribution < 1.29 is 75.8 Å².